The number of fused-ring (bicyclic) bond motifs is 1. The molecule has 0 fully saturated rings. The molecule has 1 aromatic carbocycles. The number of nitrogens with zero attached hydrogens (tertiary/aromatic N) is 3. The summed E-state index contributed by atoms with van der Waals surface area (Å²) in [6, 6.07) is 4.72. The van der Waals surface area contributed by atoms with Gasteiger partial charge in [-0.1, -0.05) is 0 Å². The van der Waals surface area contributed by atoms with Gasteiger partial charge in [0.1, 0.15) is 5.82 Å². The third kappa shape index (κ3) is 5.08. The first-order valence-electron chi connectivity index (χ1n) is 8.85. The maximum atomic E-state index is 12.3. The van der Waals surface area contributed by atoms with Crippen molar-refractivity contribution in [3.05, 3.63) is 24.0 Å². The molecular weight excluding hydrogens is 384 g/mol. The summed E-state index contributed by atoms with van der Waals surface area (Å²) in [5, 5.41) is 2.64. The monoisotopic (exact) mass is 410 g/mol. The van der Waals surface area contributed by atoms with Gasteiger partial charge in [0.15, 0.2) is 6.61 Å². The van der Waals surface area contributed by atoms with Crippen molar-refractivity contribution in [1.82, 2.24) is 19.2 Å². The second-order valence-electron chi connectivity index (χ2n) is 6.91. The van der Waals surface area contributed by atoms with Crippen LogP contribution in [0, 0.1) is 0 Å². The molecule has 0 radical (unpaired) electrons. The Kier molecular flexibility index (Phi) is 6.78. The van der Waals surface area contributed by atoms with Crippen LogP contribution in [-0.4, -0.2) is 60.9 Å². The van der Waals surface area contributed by atoms with E-state index in [0.29, 0.717) is 17.8 Å². The molecule has 2 aromatic rings. The average molecular weight is 410 g/mol. The first-order valence-corrected chi connectivity index (χ1v) is 10.3. The van der Waals surface area contributed by atoms with E-state index in [1.807, 2.05) is 13.8 Å². The van der Waals surface area contributed by atoms with E-state index < -0.39 is 16.0 Å². The number of aromatic nitrogens is 2. The number of carbonyl (C=O) groups excluding carboxylic acids is 2. The quantitative estimate of drug-likeness (QED) is 0.645. The second-order valence-corrected chi connectivity index (χ2v) is 9.06. The van der Waals surface area contributed by atoms with Gasteiger partial charge >= 0.3 is 5.97 Å². The highest BCUT2D eigenvalue weighted by Crippen LogP contribution is 2.21. The molecule has 2 rings (SSSR count). The zero-order valence-electron chi connectivity index (χ0n) is 16.7. The number of aryl methyl sites for hydroxylation is 2. The lowest BCUT2D eigenvalue weighted by atomic mass is 10.3. The molecule has 0 saturated carbocycles. The SMILES string of the molecule is CC(C)NC(=O)COC(=O)CCc1nc2cc(S(=O)(=O)N(C)C)ccc2n1C. The fourth-order valence-corrected chi connectivity index (χ4v) is 3.54. The number of nitrogens with one attached hydrogen (secondary N) is 1. The molecule has 1 amide bonds. The predicted molar refractivity (Wildman–Crippen MR) is 104 cm³/mol. The van der Waals surface area contributed by atoms with Gasteiger partial charge in [-0.05, 0) is 32.0 Å². The number of hydrogen-bond donors (Lipinski definition) is 1. The van der Waals surface area contributed by atoms with E-state index in [4.69, 9.17) is 4.74 Å². The highest BCUT2D eigenvalue weighted by atomic mass is 32.2. The Morgan fingerprint density at radius 2 is 1.96 bits per heavy atom. The summed E-state index contributed by atoms with van der Waals surface area (Å²) in [6.45, 7) is 3.33. The summed E-state index contributed by atoms with van der Waals surface area (Å²) in [6.07, 6.45) is 0.376. The lowest BCUT2D eigenvalue weighted by molar-refractivity contribution is -0.148. The van der Waals surface area contributed by atoms with Crippen LogP contribution in [0.15, 0.2) is 23.1 Å². The van der Waals surface area contributed by atoms with E-state index in [0.717, 1.165) is 9.82 Å². The van der Waals surface area contributed by atoms with Crippen molar-refractivity contribution in [3.8, 4) is 0 Å². The molecular formula is C18H26N4O5S. The number of rotatable bonds is 8. The zero-order chi connectivity index (χ0) is 21.1. The second kappa shape index (κ2) is 8.70. The molecule has 0 spiro atoms. The lowest BCUT2D eigenvalue weighted by Crippen LogP contribution is -2.34. The standard InChI is InChI=1S/C18H26N4O5S/c1-12(2)19-17(23)11-27-18(24)9-8-16-20-14-10-13(28(25,26)21(3)4)6-7-15(14)22(16)5/h6-7,10,12H,8-9,11H2,1-5H3,(H,19,23). The summed E-state index contributed by atoms with van der Waals surface area (Å²) < 4.78 is 32.5. The summed E-state index contributed by atoms with van der Waals surface area (Å²) in [4.78, 5) is 28.0. The van der Waals surface area contributed by atoms with Crippen LogP contribution in [0.1, 0.15) is 26.1 Å². The predicted octanol–water partition coefficient (Wildman–Crippen LogP) is 0.824. The van der Waals surface area contributed by atoms with Gasteiger partial charge in [0.25, 0.3) is 5.91 Å². The molecule has 0 unspecified atom stereocenters. The van der Waals surface area contributed by atoms with Gasteiger partial charge in [0, 0.05) is 33.6 Å². The molecule has 0 atom stereocenters. The number of amides is 1. The van der Waals surface area contributed by atoms with Crippen LogP contribution in [0.5, 0.6) is 0 Å². The van der Waals surface area contributed by atoms with E-state index in [-0.39, 0.29) is 29.9 Å². The number of ether oxygens (including phenoxy) is 1. The highest BCUT2D eigenvalue weighted by molar-refractivity contribution is 7.89. The maximum Gasteiger partial charge on any atom is 0.306 e. The minimum Gasteiger partial charge on any atom is -0.456 e. The summed E-state index contributed by atoms with van der Waals surface area (Å²) in [5.41, 5.74) is 1.29. The van der Waals surface area contributed by atoms with Crippen LogP contribution >= 0.6 is 0 Å². The fourth-order valence-electron chi connectivity index (χ4n) is 2.62. The minimum atomic E-state index is -3.55. The van der Waals surface area contributed by atoms with Crippen LogP contribution in [0.3, 0.4) is 0 Å². The van der Waals surface area contributed by atoms with Gasteiger partial charge in [-0.2, -0.15) is 0 Å². The molecule has 0 bridgehead atoms. The van der Waals surface area contributed by atoms with Crippen LogP contribution in [0.4, 0.5) is 0 Å². The Hall–Kier alpha value is -2.46. The Bertz CT molecular complexity index is 979. The first kappa shape index (κ1) is 21.8. The Balaban J connectivity index is 2.06. The van der Waals surface area contributed by atoms with E-state index in [2.05, 4.69) is 10.3 Å². The van der Waals surface area contributed by atoms with Gasteiger partial charge in [0.05, 0.1) is 22.3 Å². The van der Waals surface area contributed by atoms with E-state index >= 15 is 0 Å². The van der Waals surface area contributed by atoms with Crippen molar-refractivity contribution in [3.63, 3.8) is 0 Å². The summed E-state index contributed by atoms with van der Waals surface area (Å²) >= 11 is 0. The Morgan fingerprint density at radius 3 is 2.57 bits per heavy atom. The molecule has 0 saturated heterocycles. The molecule has 0 aliphatic carbocycles. The number of hydrogen-bond acceptors (Lipinski definition) is 6. The summed E-state index contributed by atoms with van der Waals surface area (Å²) in [5.74, 6) is -0.222. The molecule has 1 aromatic heterocycles. The van der Waals surface area contributed by atoms with Gasteiger partial charge in [-0.25, -0.2) is 17.7 Å². The van der Waals surface area contributed by atoms with Gasteiger partial charge < -0.3 is 14.6 Å². The third-order valence-corrected chi connectivity index (χ3v) is 5.90. The Labute approximate surface area is 164 Å². The number of carbonyl (C=O) groups is 2. The highest BCUT2D eigenvalue weighted by Gasteiger charge is 2.19. The van der Waals surface area contributed by atoms with E-state index in [9.17, 15) is 18.0 Å². The summed E-state index contributed by atoms with van der Waals surface area (Å²) in [7, 11) is 1.19. The van der Waals surface area contributed by atoms with Crippen molar-refractivity contribution in [2.75, 3.05) is 20.7 Å². The normalized spacial score (nSPS) is 12.0. The third-order valence-electron chi connectivity index (χ3n) is 4.09. The molecule has 9 nitrogen and oxygen atoms in total. The van der Waals surface area contributed by atoms with E-state index in [1.165, 1.54) is 26.2 Å². The lowest BCUT2D eigenvalue weighted by Gasteiger charge is -2.10. The molecule has 10 heteroatoms. The van der Waals surface area contributed by atoms with E-state index in [1.54, 1.807) is 17.7 Å². The zero-order valence-corrected chi connectivity index (χ0v) is 17.5. The molecule has 154 valence electrons. The average Bonchev–Trinajstić information content (AvgIpc) is 2.93. The van der Waals surface area contributed by atoms with Crippen molar-refractivity contribution >= 4 is 32.9 Å². The van der Waals surface area contributed by atoms with Crippen molar-refractivity contribution in [2.24, 2.45) is 7.05 Å². The van der Waals surface area contributed by atoms with Gasteiger partial charge in [-0.15, -0.1) is 0 Å². The number of imidazole rings is 1. The van der Waals surface area contributed by atoms with Crippen molar-refractivity contribution in [2.45, 2.75) is 37.6 Å². The first-order chi connectivity index (χ1) is 13.0. The van der Waals surface area contributed by atoms with Crippen molar-refractivity contribution in [1.29, 1.82) is 0 Å². The molecule has 0 aliphatic heterocycles. The smallest absolute Gasteiger partial charge is 0.306 e. The van der Waals surface area contributed by atoms with Crippen LogP contribution < -0.4 is 5.32 Å². The van der Waals surface area contributed by atoms with Gasteiger partial charge in [0.2, 0.25) is 10.0 Å². The minimum absolute atomic E-state index is 0.0209. The Morgan fingerprint density at radius 1 is 1.29 bits per heavy atom. The molecule has 28 heavy (non-hydrogen) atoms. The number of benzene rings is 1. The van der Waals surface area contributed by atoms with Crippen LogP contribution in [-0.2, 0) is 37.8 Å². The molecule has 1 N–H and O–H groups in total. The topological polar surface area (TPSA) is 111 Å². The van der Waals surface area contributed by atoms with Crippen molar-refractivity contribution < 1.29 is 22.7 Å². The van der Waals surface area contributed by atoms with Crippen LogP contribution in [0.25, 0.3) is 11.0 Å². The molecule has 1 heterocycles. The number of esters is 1. The largest absolute Gasteiger partial charge is 0.456 e. The van der Waals surface area contributed by atoms with Gasteiger partial charge in [-0.3, -0.25) is 9.59 Å². The number of sulfonamides is 1. The molecule has 0 aliphatic rings. The fraction of sp³-hybridized carbons (Fsp3) is 0.500. The maximum absolute atomic E-state index is 12.3. The van der Waals surface area contributed by atoms with Crippen LogP contribution in [0.2, 0.25) is 0 Å².